The molecule has 0 aliphatic heterocycles. The van der Waals surface area contributed by atoms with Crippen molar-refractivity contribution in [1.82, 2.24) is 0 Å². The summed E-state index contributed by atoms with van der Waals surface area (Å²) in [6.45, 7) is -5.08. The summed E-state index contributed by atoms with van der Waals surface area (Å²) < 4.78 is 0. The second kappa shape index (κ2) is 1.52. The maximum atomic E-state index is 5.03. The van der Waals surface area contributed by atoms with Crippen molar-refractivity contribution in [3.63, 3.8) is 0 Å². The molecule has 0 N–H and O–H groups in total. The molecule has 0 saturated heterocycles. The zero-order valence-electron chi connectivity index (χ0n) is 4.58. The summed E-state index contributed by atoms with van der Waals surface area (Å²) >= 11 is 0. The Bertz CT molecular complexity index is 69.6. The number of hydrogen-bond acceptors (Lipinski definition) is 0. The molecule has 7 heteroatoms. The third-order valence-electron chi connectivity index (χ3n) is 0. The van der Waals surface area contributed by atoms with Gasteiger partial charge in [-0.3, -0.25) is 0 Å². The van der Waals surface area contributed by atoms with Crippen LogP contribution >= 0.6 is 57.2 Å². The van der Waals surface area contributed by atoms with E-state index in [1.165, 1.54) is 0 Å². The molecular formula is H2Cl6Pd. The molecule has 0 unspecified atom stereocenters. The van der Waals surface area contributed by atoms with Gasteiger partial charge in [-0.2, -0.15) is 0 Å². The Hall–Kier alpha value is 2.40. The van der Waals surface area contributed by atoms with Crippen LogP contribution < -0.4 is 0 Å². The van der Waals surface area contributed by atoms with Crippen LogP contribution in [0.4, 0.5) is 0 Å². The fourth-order valence-electron chi connectivity index (χ4n) is 0. The summed E-state index contributed by atoms with van der Waals surface area (Å²) in [5.74, 6) is 0. The molecule has 0 saturated carbocycles. The van der Waals surface area contributed by atoms with Gasteiger partial charge in [0.1, 0.15) is 0 Å². The molecular weight excluding hydrogens is 319 g/mol. The van der Waals surface area contributed by atoms with Crippen LogP contribution in [0.25, 0.3) is 0 Å². The molecule has 0 nitrogen and oxygen atoms in total. The second-order valence-corrected chi connectivity index (χ2v) is 36.1. The van der Waals surface area contributed by atoms with Crippen molar-refractivity contribution < 1.29 is 9.83 Å². The van der Waals surface area contributed by atoms with Crippen LogP contribution in [0.5, 0.6) is 0 Å². The van der Waals surface area contributed by atoms with Crippen molar-refractivity contribution in [1.29, 1.82) is 0 Å². The van der Waals surface area contributed by atoms with E-state index < -0.39 is 6.97 Å². The zero-order chi connectivity index (χ0) is 6.41. The van der Waals surface area contributed by atoms with Crippen molar-refractivity contribution in [2.75, 3.05) is 0 Å². The summed E-state index contributed by atoms with van der Waals surface area (Å²) in [6.07, 6.45) is 0. The average molecular weight is 321 g/mol. The van der Waals surface area contributed by atoms with Crippen molar-refractivity contribution in [3.05, 3.63) is 0 Å². The monoisotopic (exact) mass is 318 g/mol. The van der Waals surface area contributed by atoms with Crippen molar-refractivity contribution >= 4 is 57.2 Å². The molecule has 0 bridgehead atoms. The molecule has 0 rings (SSSR count). The predicted molar refractivity (Wildman–Crippen MR) is 37.3 cm³/mol. The first kappa shape index (κ1) is 9.40. The normalized spacial score (nSPS) is 23.1. The number of rotatable bonds is 0. The van der Waals surface area contributed by atoms with Gasteiger partial charge >= 0.3 is 67.0 Å². The van der Waals surface area contributed by atoms with Crippen LogP contribution in [0.1, 0.15) is 2.85 Å². The molecule has 0 aromatic rings. The van der Waals surface area contributed by atoms with Crippen LogP contribution in [0, 0.1) is 0 Å². The van der Waals surface area contributed by atoms with Gasteiger partial charge in [-0.1, -0.05) is 0 Å². The maximum Gasteiger partial charge on any atom is 1.00 e. The van der Waals surface area contributed by atoms with Gasteiger partial charge in [0.15, 0.2) is 0 Å². The van der Waals surface area contributed by atoms with E-state index in [2.05, 4.69) is 0 Å². The third kappa shape index (κ3) is 59.7. The minimum absolute atomic E-state index is 0. The molecule has 0 amide bonds. The van der Waals surface area contributed by atoms with Crippen molar-refractivity contribution in [2.45, 2.75) is 0 Å². The largest absolute Gasteiger partial charge is 1.00 e. The van der Waals surface area contributed by atoms with E-state index in [4.69, 9.17) is 57.2 Å². The van der Waals surface area contributed by atoms with Gasteiger partial charge in [0.05, 0.1) is 0 Å². The molecule has 7 heavy (non-hydrogen) atoms. The molecule has 0 aliphatic rings. The molecule has 0 radical (unpaired) electrons. The number of halogens is 6. The molecule has 0 atom stereocenters. The number of hydrogen-bond donors (Lipinski definition) is 0. The van der Waals surface area contributed by atoms with E-state index >= 15 is 0 Å². The van der Waals surface area contributed by atoms with Gasteiger partial charge in [-0.25, -0.2) is 0 Å². The van der Waals surface area contributed by atoms with Gasteiger partial charge in [0, 0.05) is 0 Å². The fraction of sp³-hybridized carbons (Fsp3) is 0. The summed E-state index contributed by atoms with van der Waals surface area (Å²) in [5, 5.41) is 0. The van der Waals surface area contributed by atoms with Crippen LogP contribution in [-0.4, -0.2) is 0 Å². The van der Waals surface area contributed by atoms with Crippen molar-refractivity contribution in [2.24, 2.45) is 0 Å². The van der Waals surface area contributed by atoms with Gasteiger partial charge in [0.25, 0.3) is 0 Å². The molecule has 0 aromatic heterocycles. The van der Waals surface area contributed by atoms with Gasteiger partial charge < -0.3 is 0 Å². The third-order valence-corrected chi connectivity index (χ3v) is 0. The molecule has 0 heterocycles. The van der Waals surface area contributed by atoms with E-state index in [-0.39, 0.29) is 2.85 Å². The van der Waals surface area contributed by atoms with E-state index in [1.807, 2.05) is 0 Å². The summed E-state index contributed by atoms with van der Waals surface area (Å²) in [7, 11) is 30.2. The Balaban J connectivity index is -0.000000180. The Labute approximate surface area is 66.3 Å². The van der Waals surface area contributed by atoms with Crippen LogP contribution in [0.2, 0.25) is 0 Å². The molecule has 0 aromatic carbocycles. The molecule has 0 spiro atoms. The quantitative estimate of drug-likeness (QED) is 0.582. The van der Waals surface area contributed by atoms with Crippen LogP contribution in [0.3, 0.4) is 0 Å². The molecule has 0 aliphatic carbocycles. The van der Waals surface area contributed by atoms with E-state index in [0.29, 0.717) is 0 Å². The SMILES string of the molecule is [Cl][Pd-2]([Cl])([Cl])([Cl])([Cl])[Cl].[H+].[H+]. The van der Waals surface area contributed by atoms with Crippen molar-refractivity contribution in [3.8, 4) is 0 Å². The maximum absolute atomic E-state index is 5.08. The fourth-order valence-corrected chi connectivity index (χ4v) is 0. The summed E-state index contributed by atoms with van der Waals surface area (Å²) in [6, 6.07) is 0. The van der Waals surface area contributed by atoms with Gasteiger partial charge in [-0.15, -0.1) is 0 Å². The summed E-state index contributed by atoms with van der Waals surface area (Å²) in [5.41, 5.74) is 0. The standard InChI is InChI=1S/6ClH.Pd/h6*1H;/q;;;;;;+4/p-4. The summed E-state index contributed by atoms with van der Waals surface area (Å²) in [4.78, 5) is 0. The first-order chi connectivity index (χ1) is 2.45. The minimum atomic E-state index is -5.08. The predicted octanol–water partition coefficient (Wildman–Crippen LogP) is 4.36. The van der Waals surface area contributed by atoms with E-state index in [0.717, 1.165) is 0 Å². The smallest absolute Gasteiger partial charge is 1.00 e. The van der Waals surface area contributed by atoms with Crippen LogP contribution in [0.15, 0.2) is 0 Å². The Morgan fingerprint density at radius 3 is 0.714 bits per heavy atom. The Kier molecular flexibility index (Phi) is 2.04. The van der Waals surface area contributed by atoms with E-state index in [9.17, 15) is 0 Å². The zero-order valence-corrected chi connectivity index (χ0v) is 8.67. The molecule has 0 fully saturated rings. The first-order valence-electron chi connectivity index (χ1n) is 0.717. The first-order valence-corrected chi connectivity index (χ1v) is 12.7. The molecule has 54 valence electrons. The van der Waals surface area contributed by atoms with Gasteiger partial charge in [0.2, 0.25) is 0 Å². The second-order valence-electron chi connectivity index (χ2n) is 0.678. The topological polar surface area (TPSA) is 0 Å². The van der Waals surface area contributed by atoms with Crippen LogP contribution in [-0.2, 0) is 6.97 Å². The Morgan fingerprint density at radius 1 is 0.714 bits per heavy atom. The minimum Gasteiger partial charge on any atom is 1.00 e. The Morgan fingerprint density at radius 2 is 0.714 bits per heavy atom. The van der Waals surface area contributed by atoms with E-state index in [1.54, 1.807) is 0 Å². The average Bonchev–Trinajstić information content (AvgIpc) is 0.592. The van der Waals surface area contributed by atoms with Gasteiger partial charge in [-0.05, 0) is 0 Å².